The molecule has 0 aliphatic heterocycles. The number of rotatable bonds is 5. The Hall–Kier alpha value is -1.74. The van der Waals surface area contributed by atoms with Crippen LogP contribution in [0.4, 0.5) is 10.1 Å². The van der Waals surface area contributed by atoms with Crippen LogP contribution in [0.2, 0.25) is 5.02 Å². The van der Waals surface area contributed by atoms with Gasteiger partial charge >= 0.3 is 0 Å². The van der Waals surface area contributed by atoms with Gasteiger partial charge in [-0.15, -0.1) is 0 Å². The molecule has 2 nitrogen and oxygen atoms in total. The van der Waals surface area contributed by atoms with E-state index in [9.17, 15) is 4.39 Å². The Bertz CT molecular complexity index is 560. The SMILES string of the molecule is Cc1ccc(OCCNc2cccc(Cl)c2)cc1F. The summed E-state index contributed by atoms with van der Waals surface area (Å²) in [6.07, 6.45) is 0. The number of nitrogens with one attached hydrogen (secondary N) is 1. The predicted octanol–water partition coefficient (Wildman–Crippen LogP) is 4.28. The van der Waals surface area contributed by atoms with E-state index in [4.69, 9.17) is 16.3 Å². The highest BCUT2D eigenvalue weighted by molar-refractivity contribution is 6.30. The fourth-order valence-corrected chi connectivity index (χ4v) is 1.82. The molecule has 1 N–H and O–H groups in total. The fraction of sp³-hybridized carbons (Fsp3) is 0.200. The van der Waals surface area contributed by atoms with Crippen molar-refractivity contribution in [3.8, 4) is 5.75 Å². The smallest absolute Gasteiger partial charge is 0.129 e. The highest BCUT2D eigenvalue weighted by Gasteiger charge is 2.00. The van der Waals surface area contributed by atoms with E-state index in [-0.39, 0.29) is 5.82 Å². The van der Waals surface area contributed by atoms with Crippen molar-refractivity contribution in [2.45, 2.75) is 6.92 Å². The first-order chi connectivity index (χ1) is 9.15. The average Bonchev–Trinajstić information content (AvgIpc) is 2.39. The molecule has 0 saturated carbocycles. The van der Waals surface area contributed by atoms with Crippen molar-refractivity contribution in [2.75, 3.05) is 18.5 Å². The first kappa shape index (κ1) is 13.7. The van der Waals surface area contributed by atoms with Crippen LogP contribution < -0.4 is 10.1 Å². The largest absolute Gasteiger partial charge is 0.492 e. The van der Waals surface area contributed by atoms with Gasteiger partial charge in [-0.1, -0.05) is 23.7 Å². The van der Waals surface area contributed by atoms with Crippen LogP contribution in [-0.4, -0.2) is 13.2 Å². The molecule has 0 heterocycles. The second kappa shape index (κ2) is 6.43. The first-order valence-electron chi connectivity index (χ1n) is 6.03. The van der Waals surface area contributed by atoms with Crippen LogP contribution in [0.5, 0.6) is 5.75 Å². The van der Waals surface area contributed by atoms with Gasteiger partial charge in [-0.2, -0.15) is 0 Å². The van der Waals surface area contributed by atoms with Gasteiger partial charge in [0.2, 0.25) is 0 Å². The minimum atomic E-state index is -0.250. The molecule has 19 heavy (non-hydrogen) atoms. The Labute approximate surface area is 117 Å². The Morgan fingerprint density at radius 2 is 2.05 bits per heavy atom. The molecule has 0 saturated heterocycles. The Kier molecular flexibility index (Phi) is 4.63. The van der Waals surface area contributed by atoms with E-state index >= 15 is 0 Å². The zero-order valence-corrected chi connectivity index (χ0v) is 11.4. The Morgan fingerprint density at radius 1 is 1.21 bits per heavy atom. The Morgan fingerprint density at radius 3 is 2.79 bits per heavy atom. The van der Waals surface area contributed by atoms with Crippen molar-refractivity contribution in [3.63, 3.8) is 0 Å². The lowest BCUT2D eigenvalue weighted by Gasteiger charge is -2.09. The van der Waals surface area contributed by atoms with Gasteiger partial charge in [-0.05, 0) is 36.8 Å². The first-order valence-corrected chi connectivity index (χ1v) is 6.41. The highest BCUT2D eigenvalue weighted by Crippen LogP contribution is 2.16. The second-order valence-electron chi connectivity index (χ2n) is 4.20. The minimum absolute atomic E-state index is 0.250. The summed E-state index contributed by atoms with van der Waals surface area (Å²) in [5.74, 6) is 0.288. The summed E-state index contributed by atoms with van der Waals surface area (Å²) < 4.78 is 18.7. The third-order valence-corrected chi connectivity index (χ3v) is 2.90. The van der Waals surface area contributed by atoms with E-state index in [2.05, 4.69) is 5.32 Å². The van der Waals surface area contributed by atoms with Crippen LogP contribution in [0.3, 0.4) is 0 Å². The van der Waals surface area contributed by atoms with Crippen molar-refractivity contribution < 1.29 is 9.13 Å². The number of anilines is 1. The fourth-order valence-electron chi connectivity index (χ4n) is 1.63. The second-order valence-corrected chi connectivity index (χ2v) is 4.63. The number of hydrogen-bond acceptors (Lipinski definition) is 2. The number of hydrogen-bond donors (Lipinski definition) is 1. The molecular formula is C15H15ClFNO. The van der Waals surface area contributed by atoms with Gasteiger partial charge in [-0.25, -0.2) is 4.39 Å². The number of ether oxygens (including phenoxy) is 1. The Balaban J connectivity index is 1.79. The van der Waals surface area contributed by atoms with Crippen LogP contribution in [0.25, 0.3) is 0 Å². The van der Waals surface area contributed by atoms with Gasteiger partial charge in [0.05, 0.1) is 0 Å². The molecule has 0 aliphatic rings. The van der Waals surface area contributed by atoms with E-state index in [0.717, 1.165) is 5.69 Å². The molecule has 0 amide bonds. The molecule has 2 aromatic carbocycles. The standard InChI is InChI=1S/C15H15ClFNO/c1-11-5-6-14(10-15(11)17)19-8-7-18-13-4-2-3-12(16)9-13/h2-6,9-10,18H,7-8H2,1H3. The van der Waals surface area contributed by atoms with E-state index in [0.29, 0.717) is 29.5 Å². The minimum Gasteiger partial charge on any atom is -0.492 e. The molecule has 100 valence electrons. The topological polar surface area (TPSA) is 21.3 Å². The van der Waals surface area contributed by atoms with E-state index in [1.165, 1.54) is 6.07 Å². The van der Waals surface area contributed by atoms with Crippen molar-refractivity contribution in [3.05, 3.63) is 58.9 Å². The number of benzene rings is 2. The van der Waals surface area contributed by atoms with Crippen LogP contribution in [0.15, 0.2) is 42.5 Å². The average molecular weight is 280 g/mol. The van der Waals surface area contributed by atoms with Crippen molar-refractivity contribution >= 4 is 17.3 Å². The van der Waals surface area contributed by atoms with Gasteiger partial charge < -0.3 is 10.1 Å². The van der Waals surface area contributed by atoms with Crippen molar-refractivity contribution in [1.82, 2.24) is 0 Å². The highest BCUT2D eigenvalue weighted by atomic mass is 35.5. The molecule has 0 spiro atoms. The van der Waals surface area contributed by atoms with E-state index in [1.807, 2.05) is 24.3 Å². The van der Waals surface area contributed by atoms with Gasteiger partial charge in [0.25, 0.3) is 0 Å². The number of aryl methyl sites for hydroxylation is 1. The number of halogens is 2. The quantitative estimate of drug-likeness (QED) is 0.825. The molecule has 0 radical (unpaired) electrons. The van der Waals surface area contributed by atoms with Gasteiger partial charge in [0.15, 0.2) is 0 Å². The third-order valence-electron chi connectivity index (χ3n) is 2.67. The lowest BCUT2D eigenvalue weighted by molar-refractivity contribution is 0.331. The molecule has 0 aliphatic carbocycles. The lowest BCUT2D eigenvalue weighted by atomic mass is 10.2. The summed E-state index contributed by atoms with van der Waals surface area (Å²) >= 11 is 5.87. The van der Waals surface area contributed by atoms with E-state index in [1.54, 1.807) is 19.1 Å². The maximum Gasteiger partial charge on any atom is 0.129 e. The summed E-state index contributed by atoms with van der Waals surface area (Å²) in [5.41, 5.74) is 1.55. The predicted molar refractivity (Wildman–Crippen MR) is 76.6 cm³/mol. The summed E-state index contributed by atoms with van der Waals surface area (Å²) in [6.45, 7) is 2.80. The zero-order valence-electron chi connectivity index (χ0n) is 10.6. The van der Waals surface area contributed by atoms with Crippen LogP contribution in [0, 0.1) is 12.7 Å². The van der Waals surface area contributed by atoms with Crippen LogP contribution >= 0.6 is 11.6 Å². The van der Waals surface area contributed by atoms with Crippen LogP contribution in [-0.2, 0) is 0 Å². The molecule has 2 rings (SSSR count). The summed E-state index contributed by atoms with van der Waals surface area (Å²) in [4.78, 5) is 0. The van der Waals surface area contributed by atoms with Gasteiger partial charge in [0, 0.05) is 23.3 Å². The molecule has 0 fully saturated rings. The summed E-state index contributed by atoms with van der Waals surface area (Å²) in [7, 11) is 0. The molecule has 0 aromatic heterocycles. The molecule has 4 heteroatoms. The molecule has 0 atom stereocenters. The maximum atomic E-state index is 13.3. The van der Waals surface area contributed by atoms with Crippen molar-refractivity contribution in [2.24, 2.45) is 0 Å². The third kappa shape index (κ3) is 4.14. The lowest BCUT2D eigenvalue weighted by Crippen LogP contribution is -2.11. The van der Waals surface area contributed by atoms with Crippen molar-refractivity contribution in [1.29, 1.82) is 0 Å². The van der Waals surface area contributed by atoms with Gasteiger partial charge in [-0.3, -0.25) is 0 Å². The van der Waals surface area contributed by atoms with Gasteiger partial charge in [0.1, 0.15) is 18.2 Å². The zero-order chi connectivity index (χ0) is 13.7. The van der Waals surface area contributed by atoms with Crippen LogP contribution in [0.1, 0.15) is 5.56 Å². The van der Waals surface area contributed by atoms with E-state index < -0.39 is 0 Å². The summed E-state index contributed by atoms with van der Waals surface area (Å²) in [6, 6.07) is 12.3. The summed E-state index contributed by atoms with van der Waals surface area (Å²) in [5, 5.41) is 3.87. The maximum absolute atomic E-state index is 13.3. The molecular weight excluding hydrogens is 265 g/mol. The molecule has 0 unspecified atom stereocenters. The monoisotopic (exact) mass is 279 g/mol. The normalized spacial score (nSPS) is 10.3. The molecule has 0 bridgehead atoms. The molecule has 2 aromatic rings.